The summed E-state index contributed by atoms with van der Waals surface area (Å²) >= 11 is 0. The summed E-state index contributed by atoms with van der Waals surface area (Å²) in [6.07, 6.45) is 5.34. The van der Waals surface area contributed by atoms with E-state index in [1.54, 1.807) is 0 Å². The fourth-order valence-electron chi connectivity index (χ4n) is 3.57. The van der Waals surface area contributed by atoms with Crippen molar-refractivity contribution in [3.8, 4) is 0 Å². The van der Waals surface area contributed by atoms with Gasteiger partial charge in [-0.1, -0.05) is 25.0 Å². The second kappa shape index (κ2) is 9.90. The Bertz CT molecular complexity index is 518. The maximum Gasteiger partial charge on any atom is 0.251 e. The van der Waals surface area contributed by atoms with Crippen LogP contribution >= 0.6 is 0 Å². The molecule has 25 heavy (non-hydrogen) atoms. The average molecular weight is 345 g/mol. The van der Waals surface area contributed by atoms with Crippen LogP contribution in [0.15, 0.2) is 24.3 Å². The molecule has 5 nitrogen and oxygen atoms in total. The molecule has 0 unspecified atom stereocenters. The van der Waals surface area contributed by atoms with Crippen LogP contribution in [0.5, 0.6) is 0 Å². The molecule has 2 fully saturated rings. The van der Waals surface area contributed by atoms with E-state index < -0.39 is 0 Å². The van der Waals surface area contributed by atoms with Gasteiger partial charge in [-0.25, -0.2) is 0 Å². The molecule has 0 radical (unpaired) electrons. The normalized spacial score (nSPS) is 20.2. The molecule has 1 N–H and O–H groups in total. The van der Waals surface area contributed by atoms with Gasteiger partial charge >= 0.3 is 0 Å². The molecule has 1 aromatic carbocycles. The van der Waals surface area contributed by atoms with E-state index in [-0.39, 0.29) is 5.91 Å². The van der Waals surface area contributed by atoms with Crippen LogP contribution in [0, 0.1) is 0 Å². The molecule has 3 rings (SSSR count). The summed E-state index contributed by atoms with van der Waals surface area (Å²) in [5, 5.41) is 3.02. The van der Waals surface area contributed by atoms with E-state index in [0.717, 1.165) is 45.0 Å². The molecule has 138 valence electrons. The first-order chi connectivity index (χ1) is 12.3. The van der Waals surface area contributed by atoms with Gasteiger partial charge in [0, 0.05) is 38.3 Å². The van der Waals surface area contributed by atoms with E-state index in [4.69, 9.17) is 4.74 Å². The van der Waals surface area contributed by atoms with Crippen LogP contribution < -0.4 is 5.32 Å². The minimum absolute atomic E-state index is 0.0228. The molecule has 1 aromatic rings. The smallest absolute Gasteiger partial charge is 0.251 e. The molecule has 0 spiro atoms. The number of hydrogen-bond acceptors (Lipinski definition) is 4. The highest BCUT2D eigenvalue weighted by molar-refractivity contribution is 5.94. The molecule has 0 aliphatic carbocycles. The van der Waals surface area contributed by atoms with Crippen molar-refractivity contribution in [2.24, 2.45) is 0 Å². The van der Waals surface area contributed by atoms with Crippen molar-refractivity contribution in [3.63, 3.8) is 0 Å². The van der Waals surface area contributed by atoms with Crippen molar-refractivity contribution in [1.29, 1.82) is 0 Å². The van der Waals surface area contributed by atoms with Crippen LogP contribution in [0.3, 0.4) is 0 Å². The third-order valence-electron chi connectivity index (χ3n) is 5.14. The van der Waals surface area contributed by atoms with Gasteiger partial charge in [0.25, 0.3) is 5.91 Å². The van der Waals surface area contributed by atoms with E-state index in [9.17, 15) is 4.79 Å². The maximum atomic E-state index is 12.3. The summed E-state index contributed by atoms with van der Waals surface area (Å²) in [7, 11) is 0. The first-order valence-corrected chi connectivity index (χ1v) is 9.71. The van der Waals surface area contributed by atoms with Gasteiger partial charge in [0.1, 0.15) is 0 Å². The highest BCUT2D eigenvalue weighted by Gasteiger charge is 2.12. The first-order valence-electron chi connectivity index (χ1n) is 9.71. The molecule has 0 saturated carbocycles. The first kappa shape index (κ1) is 18.4. The molecule has 2 saturated heterocycles. The number of hydrogen-bond donors (Lipinski definition) is 1. The highest BCUT2D eigenvalue weighted by atomic mass is 16.5. The number of rotatable bonds is 6. The molecule has 0 atom stereocenters. The van der Waals surface area contributed by atoms with E-state index in [1.165, 1.54) is 44.3 Å². The van der Waals surface area contributed by atoms with Gasteiger partial charge in [0.15, 0.2) is 0 Å². The standard InChI is InChI=1S/C20H31N3O2/c24-20(21-9-12-22-13-15-25-16-14-22)19-7-5-18(6-8-19)17-23-10-3-1-2-4-11-23/h5-8H,1-4,9-17H2,(H,21,24). The molecular formula is C20H31N3O2. The van der Waals surface area contributed by atoms with Crippen LogP contribution in [0.4, 0.5) is 0 Å². The molecule has 2 aliphatic rings. The second-order valence-electron chi connectivity index (χ2n) is 7.10. The Hall–Kier alpha value is -1.43. The lowest BCUT2D eigenvalue weighted by atomic mass is 10.1. The van der Waals surface area contributed by atoms with Gasteiger partial charge in [0.2, 0.25) is 0 Å². The minimum atomic E-state index is 0.0228. The third-order valence-corrected chi connectivity index (χ3v) is 5.14. The van der Waals surface area contributed by atoms with Crippen molar-refractivity contribution < 1.29 is 9.53 Å². The molecule has 2 heterocycles. The van der Waals surface area contributed by atoms with E-state index in [2.05, 4.69) is 27.2 Å². The van der Waals surface area contributed by atoms with Gasteiger partial charge in [-0.15, -0.1) is 0 Å². The summed E-state index contributed by atoms with van der Waals surface area (Å²) in [6, 6.07) is 8.11. The molecule has 5 heteroatoms. The topological polar surface area (TPSA) is 44.8 Å². The minimum Gasteiger partial charge on any atom is -0.379 e. The summed E-state index contributed by atoms with van der Waals surface area (Å²) < 4.78 is 5.34. The van der Waals surface area contributed by atoms with E-state index in [0.29, 0.717) is 6.54 Å². The van der Waals surface area contributed by atoms with Crippen molar-refractivity contribution in [2.45, 2.75) is 32.2 Å². The number of nitrogens with zero attached hydrogens (tertiary/aromatic N) is 2. The lowest BCUT2D eigenvalue weighted by molar-refractivity contribution is 0.0383. The van der Waals surface area contributed by atoms with Gasteiger partial charge in [-0.05, 0) is 43.6 Å². The fourth-order valence-corrected chi connectivity index (χ4v) is 3.57. The molecule has 2 aliphatic heterocycles. The van der Waals surface area contributed by atoms with Crippen LogP contribution in [0.1, 0.15) is 41.6 Å². The summed E-state index contributed by atoms with van der Waals surface area (Å²) in [5.41, 5.74) is 2.05. The largest absolute Gasteiger partial charge is 0.379 e. The number of amides is 1. The lowest BCUT2D eigenvalue weighted by Crippen LogP contribution is -2.41. The zero-order valence-corrected chi connectivity index (χ0v) is 15.2. The van der Waals surface area contributed by atoms with Gasteiger partial charge < -0.3 is 10.1 Å². The number of ether oxygens (including phenoxy) is 1. The van der Waals surface area contributed by atoms with E-state index >= 15 is 0 Å². The number of likely N-dealkylation sites (tertiary alicyclic amines) is 1. The third kappa shape index (κ3) is 6.10. The summed E-state index contributed by atoms with van der Waals surface area (Å²) in [6.45, 7) is 8.49. The van der Waals surface area contributed by atoms with Crippen molar-refractivity contribution in [3.05, 3.63) is 35.4 Å². The Morgan fingerprint density at radius 3 is 2.28 bits per heavy atom. The molecule has 0 bridgehead atoms. The van der Waals surface area contributed by atoms with Gasteiger partial charge in [-0.2, -0.15) is 0 Å². The zero-order chi connectivity index (χ0) is 17.3. The van der Waals surface area contributed by atoms with Crippen LogP contribution in [-0.4, -0.2) is 68.2 Å². The number of nitrogens with one attached hydrogen (secondary N) is 1. The molecule has 1 amide bonds. The number of morpholine rings is 1. The van der Waals surface area contributed by atoms with Crippen LogP contribution in [0.25, 0.3) is 0 Å². The summed E-state index contributed by atoms with van der Waals surface area (Å²) in [5.74, 6) is 0.0228. The molecular weight excluding hydrogens is 314 g/mol. The Labute approximate surface area is 151 Å². The lowest BCUT2D eigenvalue weighted by Gasteiger charge is -2.26. The SMILES string of the molecule is O=C(NCCN1CCOCC1)c1ccc(CN2CCCCCC2)cc1. The predicted molar refractivity (Wildman–Crippen MR) is 99.8 cm³/mol. The van der Waals surface area contributed by atoms with Gasteiger partial charge in [0.05, 0.1) is 13.2 Å². The van der Waals surface area contributed by atoms with Crippen molar-refractivity contribution >= 4 is 5.91 Å². The maximum absolute atomic E-state index is 12.3. The highest BCUT2D eigenvalue weighted by Crippen LogP contribution is 2.14. The fraction of sp³-hybridized carbons (Fsp3) is 0.650. The molecule has 0 aromatic heterocycles. The second-order valence-corrected chi connectivity index (χ2v) is 7.10. The Morgan fingerprint density at radius 2 is 1.60 bits per heavy atom. The Morgan fingerprint density at radius 1 is 0.920 bits per heavy atom. The number of carbonyl (C=O) groups is 1. The summed E-state index contributed by atoms with van der Waals surface area (Å²) in [4.78, 5) is 17.1. The van der Waals surface area contributed by atoms with Crippen molar-refractivity contribution in [1.82, 2.24) is 15.1 Å². The Balaban J connectivity index is 1.41. The van der Waals surface area contributed by atoms with Crippen LogP contribution in [0.2, 0.25) is 0 Å². The quantitative estimate of drug-likeness (QED) is 0.858. The van der Waals surface area contributed by atoms with Crippen LogP contribution in [-0.2, 0) is 11.3 Å². The monoisotopic (exact) mass is 345 g/mol. The van der Waals surface area contributed by atoms with Crippen molar-refractivity contribution in [2.75, 3.05) is 52.5 Å². The average Bonchev–Trinajstić information content (AvgIpc) is 2.92. The number of carbonyl (C=O) groups excluding carboxylic acids is 1. The number of benzene rings is 1. The van der Waals surface area contributed by atoms with E-state index in [1.807, 2.05) is 12.1 Å². The Kier molecular flexibility index (Phi) is 7.27. The van der Waals surface area contributed by atoms with Gasteiger partial charge in [-0.3, -0.25) is 14.6 Å². The zero-order valence-electron chi connectivity index (χ0n) is 15.2. The predicted octanol–water partition coefficient (Wildman–Crippen LogP) is 2.12.